The van der Waals surface area contributed by atoms with Crippen molar-refractivity contribution in [3.63, 3.8) is 0 Å². The molecule has 2 N–H and O–H groups in total. The van der Waals surface area contributed by atoms with Crippen LogP contribution in [0.4, 0.5) is 5.82 Å². The van der Waals surface area contributed by atoms with Crippen LogP contribution in [0.3, 0.4) is 0 Å². The molecule has 23 heavy (non-hydrogen) atoms. The molecule has 124 valence electrons. The normalized spacial score (nSPS) is 11.3. The van der Waals surface area contributed by atoms with E-state index in [-0.39, 0.29) is 5.54 Å². The smallest absolute Gasteiger partial charge is 0.356 e. The number of esters is 1. The van der Waals surface area contributed by atoms with Crippen molar-refractivity contribution in [1.29, 1.82) is 0 Å². The molecular formula is C17H23N3O3. The molecule has 1 aromatic heterocycles. The number of aromatic nitrogens is 2. The number of benzene rings is 1. The Hall–Kier alpha value is -2.34. The van der Waals surface area contributed by atoms with E-state index in [1.54, 1.807) is 13.0 Å². The number of hydrogen-bond donors (Lipinski definition) is 2. The van der Waals surface area contributed by atoms with Gasteiger partial charge in [0.25, 0.3) is 0 Å². The minimum atomic E-state index is -0.411. The van der Waals surface area contributed by atoms with Gasteiger partial charge in [-0.15, -0.1) is 0 Å². The van der Waals surface area contributed by atoms with Crippen LogP contribution in [0.15, 0.2) is 36.4 Å². The Morgan fingerprint density at radius 3 is 2.74 bits per heavy atom. The fraction of sp³-hybridized carbons (Fsp3) is 0.412. The van der Waals surface area contributed by atoms with E-state index in [0.717, 1.165) is 5.56 Å². The molecule has 0 unspecified atom stereocenters. The van der Waals surface area contributed by atoms with Crippen LogP contribution in [0.2, 0.25) is 0 Å². The molecule has 6 nitrogen and oxygen atoms in total. The van der Waals surface area contributed by atoms with Gasteiger partial charge in [0.2, 0.25) is 0 Å². The van der Waals surface area contributed by atoms with E-state index in [0.29, 0.717) is 31.3 Å². The lowest BCUT2D eigenvalue weighted by molar-refractivity contribution is 0.0519. The lowest BCUT2D eigenvalue weighted by atomic mass is 10.1. The minimum Gasteiger partial charge on any atom is -0.461 e. The van der Waals surface area contributed by atoms with E-state index < -0.39 is 5.97 Å². The molecule has 0 saturated heterocycles. The number of rotatable bonds is 8. The summed E-state index contributed by atoms with van der Waals surface area (Å²) in [6.07, 6.45) is 0. The summed E-state index contributed by atoms with van der Waals surface area (Å²) in [6.45, 7) is 7.18. The maximum atomic E-state index is 11.6. The predicted molar refractivity (Wildman–Crippen MR) is 88.3 cm³/mol. The molecule has 6 heteroatoms. The maximum absolute atomic E-state index is 11.6. The maximum Gasteiger partial charge on any atom is 0.356 e. The first kappa shape index (κ1) is 17.0. The van der Waals surface area contributed by atoms with Crippen molar-refractivity contribution in [2.24, 2.45) is 0 Å². The zero-order valence-electron chi connectivity index (χ0n) is 13.8. The van der Waals surface area contributed by atoms with E-state index in [2.05, 4.69) is 15.5 Å². The quantitative estimate of drug-likeness (QED) is 0.732. The van der Waals surface area contributed by atoms with Gasteiger partial charge in [0, 0.05) is 6.07 Å². The molecule has 0 spiro atoms. The summed E-state index contributed by atoms with van der Waals surface area (Å²) >= 11 is 0. The lowest BCUT2D eigenvalue weighted by Crippen LogP contribution is -2.36. The van der Waals surface area contributed by atoms with Crippen LogP contribution in [0.25, 0.3) is 0 Å². The van der Waals surface area contributed by atoms with E-state index >= 15 is 0 Å². The molecule has 0 bridgehead atoms. The molecule has 0 atom stereocenters. The van der Waals surface area contributed by atoms with Gasteiger partial charge in [-0.25, -0.2) is 4.79 Å². The average molecular weight is 317 g/mol. The zero-order valence-corrected chi connectivity index (χ0v) is 13.8. The monoisotopic (exact) mass is 317 g/mol. The predicted octanol–water partition coefficient (Wildman–Crippen LogP) is 2.99. The van der Waals surface area contributed by atoms with Gasteiger partial charge in [0.15, 0.2) is 0 Å². The van der Waals surface area contributed by atoms with Crippen molar-refractivity contribution in [2.45, 2.75) is 32.9 Å². The first-order chi connectivity index (χ1) is 11.0. The number of carbonyl (C=O) groups is 1. The first-order valence-corrected chi connectivity index (χ1v) is 7.62. The Morgan fingerprint density at radius 1 is 1.30 bits per heavy atom. The van der Waals surface area contributed by atoms with E-state index in [1.165, 1.54) is 0 Å². The molecule has 1 heterocycles. The summed E-state index contributed by atoms with van der Waals surface area (Å²) in [5.74, 6) is 0.174. The number of nitrogens with one attached hydrogen (secondary N) is 2. The van der Waals surface area contributed by atoms with E-state index in [4.69, 9.17) is 9.47 Å². The van der Waals surface area contributed by atoms with Crippen molar-refractivity contribution in [1.82, 2.24) is 10.2 Å². The molecule has 2 aromatic rings. The van der Waals surface area contributed by atoms with Crippen LogP contribution in [0.1, 0.15) is 36.8 Å². The molecule has 0 saturated carbocycles. The van der Waals surface area contributed by atoms with Gasteiger partial charge in [0.05, 0.1) is 25.4 Å². The highest BCUT2D eigenvalue weighted by Crippen LogP contribution is 2.15. The number of aromatic amines is 1. The molecule has 2 rings (SSSR count). The highest BCUT2D eigenvalue weighted by atomic mass is 16.5. The molecular weight excluding hydrogens is 294 g/mol. The fourth-order valence-electron chi connectivity index (χ4n) is 2.08. The summed E-state index contributed by atoms with van der Waals surface area (Å²) in [6, 6.07) is 11.6. The summed E-state index contributed by atoms with van der Waals surface area (Å²) in [7, 11) is 0. The van der Waals surface area contributed by atoms with Crippen molar-refractivity contribution in [2.75, 3.05) is 18.5 Å². The first-order valence-electron chi connectivity index (χ1n) is 7.62. The fourth-order valence-corrected chi connectivity index (χ4v) is 2.08. The Labute approximate surface area is 136 Å². The topological polar surface area (TPSA) is 76.2 Å². The average Bonchev–Trinajstić information content (AvgIpc) is 2.96. The van der Waals surface area contributed by atoms with E-state index in [9.17, 15) is 4.79 Å². The van der Waals surface area contributed by atoms with E-state index in [1.807, 2.05) is 44.2 Å². The van der Waals surface area contributed by atoms with Crippen LogP contribution in [0.5, 0.6) is 0 Å². The molecule has 0 aliphatic rings. The van der Waals surface area contributed by atoms with Gasteiger partial charge in [0.1, 0.15) is 11.5 Å². The van der Waals surface area contributed by atoms with Crippen LogP contribution < -0.4 is 5.32 Å². The lowest BCUT2D eigenvalue weighted by Gasteiger charge is -2.25. The summed E-state index contributed by atoms with van der Waals surface area (Å²) in [5.41, 5.74) is 1.14. The largest absolute Gasteiger partial charge is 0.461 e. The summed E-state index contributed by atoms with van der Waals surface area (Å²) < 4.78 is 10.7. The van der Waals surface area contributed by atoms with Crippen molar-refractivity contribution in [3.8, 4) is 0 Å². The summed E-state index contributed by atoms with van der Waals surface area (Å²) in [5, 5.41) is 9.99. The Kier molecular flexibility index (Phi) is 5.76. The Balaban J connectivity index is 1.84. The second-order valence-electron chi connectivity index (χ2n) is 5.87. The van der Waals surface area contributed by atoms with Crippen LogP contribution in [-0.2, 0) is 16.1 Å². The molecule has 0 amide bonds. The second-order valence-corrected chi connectivity index (χ2v) is 5.87. The second kappa shape index (κ2) is 7.78. The molecule has 0 radical (unpaired) electrons. The molecule has 1 aromatic carbocycles. The molecule has 0 aliphatic carbocycles. The third-order valence-electron chi connectivity index (χ3n) is 3.11. The van der Waals surface area contributed by atoms with Gasteiger partial charge in [-0.1, -0.05) is 30.3 Å². The van der Waals surface area contributed by atoms with Gasteiger partial charge in [-0.3, -0.25) is 5.10 Å². The van der Waals surface area contributed by atoms with Crippen molar-refractivity contribution in [3.05, 3.63) is 47.7 Å². The van der Waals surface area contributed by atoms with Gasteiger partial charge in [-0.05, 0) is 26.3 Å². The number of ether oxygens (including phenoxy) is 2. The van der Waals surface area contributed by atoms with Crippen LogP contribution >= 0.6 is 0 Å². The van der Waals surface area contributed by atoms with Crippen LogP contribution in [-0.4, -0.2) is 34.9 Å². The highest BCUT2D eigenvalue weighted by Gasteiger charge is 2.20. The number of H-pyrrole nitrogens is 1. The number of anilines is 1. The third-order valence-corrected chi connectivity index (χ3v) is 3.11. The van der Waals surface area contributed by atoms with Crippen LogP contribution in [0, 0.1) is 0 Å². The van der Waals surface area contributed by atoms with Crippen molar-refractivity contribution < 1.29 is 14.3 Å². The molecule has 0 aliphatic heterocycles. The summed E-state index contributed by atoms with van der Waals surface area (Å²) in [4.78, 5) is 11.6. The SMILES string of the molecule is CCOC(=O)c1cc(NC(C)(C)COCc2ccccc2)n[nH]1. The third kappa shape index (κ3) is 5.41. The minimum absolute atomic E-state index is 0.324. The highest BCUT2D eigenvalue weighted by molar-refractivity contribution is 5.88. The van der Waals surface area contributed by atoms with Gasteiger partial charge in [-0.2, -0.15) is 5.10 Å². The number of nitrogens with zero attached hydrogens (tertiary/aromatic N) is 1. The van der Waals surface area contributed by atoms with Gasteiger partial charge < -0.3 is 14.8 Å². The van der Waals surface area contributed by atoms with Gasteiger partial charge >= 0.3 is 5.97 Å². The Bertz CT molecular complexity index is 623. The number of carbonyl (C=O) groups excluding carboxylic acids is 1. The zero-order chi connectivity index (χ0) is 16.7. The van der Waals surface area contributed by atoms with Crippen molar-refractivity contribution >= 4 is 11.8 Å². The standard InChI is InChI=1S/C17H23N3O3/c1-4-23-16(21)14-10-15(20-19-14)18-17(2,3)12-22-11-13-8-6-5-7-9-13/h5-10H,4,11-12H2,1-3H3,(H2,18,19,20). The Morgan fingerprint density at radius 2 is 2.04 bits per heavy atom. The molecule has 0 fully saturated rings. The number of hydrogen-bond acceptors (Lipinski definition) is 5.